The van der Waals surface area contributed by atoms with E-state index in [-0.39, 0.29) is 11.4 Å². The molecule has 2 aliphatic carbocycles. The summed E-state index contributed by atoms with van der Waals surface area (Å²) in [6, 6.07) is 15.8. The highest BCUT2D eigenvalue weighted by molar-refractivity contribution is 5.74. The quantitative estimate of drug-likeness (QED) is 0.314. The molecule has 1 saturated carbocycles. The molecule has 1 unspecified atom stereocenters. The third-order valence-electron chi connectivity index (χ3n) is 8.71. The number of hydrogen-bond acceptors (Lipinski definition) is 0. The molecule has 0 aromatic heterocycles. The first-order chi connectivity index (χ1) is 17.9. The van der Waals surface area contributed by atoms with Gasteiger partial charge in [-0.3, -0.25) is 0 Å². The molecular formula is C34H37F3. The van der Waals surface area contributed by atoms with E-state index in [2.05, 4.69) is 13.0 Å². The summed E-state index contributed by atoms with van der Waals surface area (Å²) in [6.45, 7) is 4.31. The topological polar surface area (TPSA) is 0 Å². The Hall–Kier alpha value is -2.81. The van der Waals surface area contributed by atoms with Gasteiger partial charge in [-0.25, -0.2) is 13.2 Å². The third-order valence-corrected chi connectivity index (χ3v) is 8.71. The predicted octanol–water partition coefficient (Wildman–Crippen LogP) is 10.4. The zero-order valence-corrected chi connectivity index (χ0v) is 22.0. The Kier molecular flexibility index (Phi) is 7.88. The smallest absolute Gasteiger partial charge is 0.166 e. The van der Waals surface area contributed by atoms with Gasteiger partial charge in [-0.1, -0.05) is 87.7 Å². The van der Waals surface area contributed by atoms with E-state index in [1.165, 1.54) is 37.7 Å². The van der Waals surface area contributed by atoms with Crippen LogP contribution in [0.1, 0.15) is 76.3 Å². The maximum atomic E-state index is 15.2. The van der Waals surface area contributed by atoms with Crippen LogP contribution in [-0.4, -0.2) is 0 Å². The van der Waals surface area contributed by atoms with Gasteiger partial charge >= 0.3 is 0 Å². The van der Waals surface area contributed by atoms with Gasteiger partial charge in [-0.05, 0) is 90.2 Å². The largest absolute Gasteiger partial charge is 0.206 e. The van der Waals surface area contributed by atoms with Crippen molar-refractivity contribution in [3.8, 4) is 22.3 Å². The Bertz CT molecular complexity index is 1260. The normalized spacial score (nSPS) is 22.1. The van der Waals surface area contributed by atoms with Crippen LogP contribution < -0.4 is 0 Å². The summed E-state index contributed by atoms with van der Waals surface area (Å²) in [6.07, 6.45) is 12.4. The lowest BCUT2D eigenvalue weighted by molar-refractivity contribution is 0.202. The van der Waals surface area contributed by atoms with E-state index in [0.29, 0.717) is 23.1 Å². The highest BCUT2D eigenvalue weighted by atomic mass is 19.2. The second-order valence-electron chi connectivity index (χ2n) is 11.2. The maximum Gasteiger partial charge on any atom is 0.166 e. The van der Waals surface area contributed by atoms with Crippen molar-refractivity contribution < 1.29 is 13.2 Å². The van der Waals surface area contributed by atoms with E-state index in [4.69, 9.17) is 0 Å². The van der Waals surface area contributed by atoms with Crippen LogP contribution in [0.25, 0.3) is 27.8 Å². The monoisotopic (exact) mass is 502 g/mol. The van der Waals surface area contributed by atoms with Crippen molar-refractivity contribution in [1.82, 2.24) is 0 Å². The SMILES string of the molecule is CCCc1ccc(-c2ccc(-c3ccc(C4=CCC(C5CCC(C)CC5)CC4)cc3F)cc2)c(F)c1F. The van der Waals surface area contributed by atoms with Crippen LogP contribution in [0.4, 0.5) is 13.2 Å². The summed E-state index contributed by atoms with van der Waals surface area (Å²) in [5.41, 5.74) is 4.67. The molecule has 3 aromatic rings. The lowest BCUT2D eigenvalue weighted by Gasteiger charge is -2.34. The second-order valence-corrected chi connectivity index (χ2v) is 11.2. The second kappa shape index (κ2) is 11.3. The van der Waals surface area contributed by atoms with Crippen molar-refractivity contribution in [2.75, 3.05) is 0 Å². The molecule has 194 valence electrons. The number of halogens is 3. The number of allylic oxidation sites excluding steroid dienone is 2. The van der Waals surface area contributed by atoms with Gasteiger partial charge in [0.2, 0.25) is 0 Å². The molecule has 0 amide bonds. The number of aryl methyl sites for hydroxylation is 1. The van der Waals surface area contributed by atoms with Gasteiger partial charge in [-0.15, -0.1) is 0 Å². The average Bonchev–Trinajstić information content (AvgIpc) is 2.92. The summed E-state index contributed by atoms with van der Waals surface area (Å²) >= 11 is 0. The van der Waals surface area contributed by atoms with E-state index in [0.717, 1.165) is 48.1 Å². The molecule has 0 N–H and O–H groups in total. The van der Waals surface area contributed by atoms with Crippen molar-refractivity contribution in [3.63, 3.8) is 0 Å². The fourth-order valence-corrected chi connectivity index (χ4v) is 6.36. The fourth-order valence-electron chi connectivity index (χ4n) is 6.36. The van der Waals surface area contributed by atoms with Gasteiger partial charge in [0.05, 0.1) is 0 Å². The minimum atomic E-state index is -0.824. The molecule has 0 bridgehead atoms. The van der Waals surface area contributed by atoms with E-state index in [1.54, 1.807) is 42.5 Å². The van der Waals surface area contributed by atoms with Crippen LogP contribution in [0.5, 0.6) is 0 Å². The maximum absolute atomic E-state index is 15.2. The zero-order chi connectivity index (χ0) is 25.9. The summed E-state index contributed by atoms with van der Waals surface area (Å²) in [5, 5.41) is 0. The van der Waals surface area contributed by atoms with Crippen molar-refractivity contribution in [2.24, 2.45) is 17.8 Å². The van der Waals surface area contributed by atoms with Gasteiger partial charge < -0.3 is 0 Å². The lowest BCUT2D eigenvalue weighted by atomic mass is 9.71. The Balaban J connectivity index is 1.29. The predicted molar refractivity (Wildman–Crippen MR) is 148 cm³/mol. The summed E-state index contributed by atoms with van der Waals surface area (Å²) in [5.74, 6) is 0.660. The van der Waals surface area contributed by atoms with Crippen LogP contribution in [-0.2, 0) is 6.42 Å². The molecule has 0 spiro atoms. The molecule has 5 rings (SSSR count). The molecular weight excluding hydrogens is 465 g/mol. The first kappa shape index (κ1) is 25.8. The number of benzene rings is 3. The minimum absolute atomic E-state index is 0.227. The molecule has 2 aliphatic rings. The van der Waals surface area contributed by atoms with E-state index in [9.17, 15) is 8.78 Å². The first-order valence-corrected chi connectivity index (χ1v) is 14.0. The van der Waals surface area contributed by atoms with Crippen molar-refractivity contribution in [3.05, 3.63) is 89.3 Å². The van der Waals surface area contributed by atoms with E-state index < -0.39 is 11.6 Å². The lowest BCUT2D eigenvalue weighted by Crippen LogP contribution is -2.22. The Morgan fingerprint density at radius 2 is 1.35 bits per heavy atom. The van der Waals surface area contributed by atoms with Crippen LogP contribution >= 0.6 is 0 Å². The van der Waals surface area contributed by atoms with Gasteiger partial charge in [0, 0.05) is 11.1 Å². The molecule has 0 radical (unpaired) electrons. The van der Waals surface area contributed by atoms with Crippen LogP contribution in [0.3, 0.4) is 0 Å². The molecule has 37 heavy (non-hydrogen) atoms. The van der Waals surface area contributed by atoms with Crippen LogP contribution in [0.15, 0.2) is 60.7 Å². The highest BCUT2D eigenvalue weighted by Gasteiger charge is 2.27. The highest BCUT2D eigenvalue weighted by Crippen LogP contribution is 2.41. The Labute approximate surface area is 219 Å². The van der Waals surface area contributed by atoms with Crippen molar-refractivity contribution in [1.29, 1.82) is 0 Å². The third kappa shape index (κ3) is 5.56. The van der Waals surface area contributed by atoms with E-state index >= 15 is 4.39 Å². The first-order valence-electron chi connectivity index (χ1n) is 14.0. The summed E-state index contributed by atoms with van der Waals surface area (Å²) < 4.78 is 44.3. The van der Waals surface area contributed by atoms with E-state index in [1.807, 2.05) is 19.1 Å². The number of hydrogen-bond donors (Lipinski definition) is 0. The van der Waals surface area contributed by atoms with Crippen molar-refractivity contribution in [2.45, 2.75) is 71.6 Å². The fraction of sp³-hybridized carbons (Fsp3) is 0.412. The van der Waals surface area contributed by atoms with Gasteiger partial charge in [-0.2, -0.15) is 0 Å². The molecule has 3 aromatic carbocycles. The molecule has 3 heteroatoms. The average molecular weight is 503 g/mol. The molecule has 0 nitrogen and oxygen atoms in total. The minimum Gasteiger partial charge on any atom is -0.206 e. The Morgan fingerprint density at radius 1 is 0.703 bits per heavy atom. The van der Waals surface area contributed by atoms with Crippen LogP contribution in [0, 0.1) is 35.2 Å². The van der Waals surface area contributed by atoms with Gasteiger partial charge in [0.1, 0.15) is 5.82 Å². The number of rotatable bonds is 6. The summed E-state index contributed by atoms with van der Waals surface area (Å²) in [4.78, 5) is 0. The molecule has 0 saturated heterocycles. The standard InChI is InChI=1S/C34H37F3/c1-3-4-28-17-20-31(34(37)33(28)36)27-15-13-26(14-16-27)30-19-18-29(21-32(30)35)25-11-9-24(10-12-25)23-7-5-22(2)6-8-23/h11,13-24H,3-10,12H2,1-2H3. The van der Waals surface area contributed by atoms with Crippen LogP contribution in [0.2, 0.25) is 0 Å². The summed E-state index contributed by atoms with van der Waals surface area (Å²) in [7, 11) is 0. The molecule has 0 heterocycles. The van der Waals surface area contributed by atoms with Gasteiger partial charge in [0.15, 0.2) is 11.6 Å². The Morgan fingerprint density at radius 3 is 1.97 bits per heavy atom. The zero-order valence-electron chi connectivity index (χ0n) is 22.0. The molecule has 1 atom stereocenters. The molecule has 0 aliphatic heterocycles. The molecule has 1 fully saturated rings. The van der Waals surface area contributed by atoms with Gasteiger partial charge in [0.25, 0.3) is 0 Å². The van der Waals surface area contributed by atoms with Crippen molar-refractivity contribution >= 4 is 5.57 Å².